The molecule has 0 aromatic heterocycles. The van der Waals surface area contributed by atoms with Crippen molar-refractivity contribution in [2.24, 2.45) is 0 Å². The van der Waals surface area contributed by atoms with E-state index >= 15 is 0 Å². The van der Waals surface area contributed by atoms with Crippen molar-refractivity contribution in [2.75, 3.05) is 13.2 Å². The lowest BCUT2D eigenvalue weighted by molar-refractivity contribution is -0.179. The number of ether oxygens (including phenoxy) is 3. The fraction of sp³-hybridized carbons (Fsp3) is 0.778. The standard InChI is InChI=1S/C9H14O5/c1-6(10)13-8-3-4-12-5-9(8)14-7(2)11/h8-9H,3-5H2,1-2H3/t8-,9+/m1/s1. The second-order valence-corrected chi connectivity index (χ2v) is 3.16. The van der Waals surface area contributed by atoms with Crippen molar-refractivity contribution in [2.45, 2.75) is 32.5 Å². The van der Waals surface area contributed by atoms with Crippen LogP contribution in [-0.2, 0) is 23.8 Å². The highest BCUT2D eigenvalue weighted by molar-refractivity contribution is 5.67. The summed E-state index contributed by atoms with van der Waals surface area (Å²) in [6.07, 6.45) is -0.271. The van der Waals surface area contributed by atoms with E-state index in [9.17, 15) is 9.59 Å². The zero-order valence-electron chi connectivity index (χ0n) is 8.32. The summed E-state index contributed by atoms with van der Waals surface area (Å²) in [4.78, 5) is 21.5. The minimum absolute atomic E-state index is 0.289. The Balaban J connectivity index is 2.49. The SMILES string of the molecule is CC(=O)O[C@H]1COCC[C@H]1OC(C)=O. The van der Waals surface area contributed by atoms with E-state index in [0.717, 1.165) is 0 Å². The van der Waals surface area contributed by atoms with E-state index in [1.807, 2.05) is 0 Å². The van der Waals surface area contributed by atoms with E-state index in [1.54, 1.807) is 0 Å². The molecule has 0 amide bonds. The molecule has 5 heteroatoms. The second kappa shape index (κ2) is 4.95. The minimum atomic E-state index is -0.467. The molecule has 1 rings (SSSR count). The Morgan fingerprint density at radius 2 is 1.71 bits per heavy atom. The molecule has 0 bridgehead atoms. The van der Waals surface area contributed by atoms with Gasteiger partial charge in [0.15, 0.2) is 6.10 Å². The lowest BCUT2D eigenvalue weighted by Crippen LogP contribution is -2.42. The molecule has 0 unspecified atom stereocenters. The van der Waals surface area contributed by atoms with Crippen molar-refractivity contribution in [3.8, 4) is 0 Å². The maximum atomic E-state index is 10.7. The summed E-state index contributed by atoms with van der Waals surface area (Å²) in [6, 6.07) is 0. The first kappa shape index (κ1) is 11.0. The van der Waals surface area contributed by atoms with Gasteiger partial charge in [0.2, 0.25) is 0 Å². The van der Waals surface area contributed by atoms with Gasteiger partial charge in [0, 0.05) is 20.3 Å². The molecular weight excluding hydrogens is 188 g/mol. The summed E-state index contributed by atoms with van der Waals surface area (Å²) in [5.74, 6) is -0.758. The van der Waals surface area contributed by atoms with Crippen molar-refractivity contribution >= 4 is 11.9 Å². The van der Waals surface area contributed by atoms with Gasteiger partial charge < -0.3 is 14.2 Å². The molecule has 1 fully saturated rings. The lowest BCUT2D eigenvalue weighted by atomic mass is 10.1. The average Bonchev–Trinajstić information content (AvgIpc) is 2.06. The smallest absolute Gasteiger partial charge is 0.303 e. The molecule has 0 aliphatic carbocycles. The molecule has 0 radical (unpaired) electrons. The fourth-order valence-corrected chi connectivity index (χ4v) is 1.36. The summed E-state index contributed by atoms with van der Waals surface area (Å²) in [6.45, 7) is 3.47. The van der Waals surface area contributed by atoms with E-state index in [-0.39, 0.29) is 18.7 Å². The molecule has 5 nitrogen and oxygen atoms in total. The van der Waals surface area contributed by atoms with Gasteiger partial charge >= 0.3 is 11.9 Å². The van der Waals surface area contributed by atoms with E-state index in [1.165, 1.54) is 13.8 Å². The predicted octanol–water partition coefficient (Wildman–Crippen LogP) is 0.270. The molecule has 0 N–H and O–H groups in total. The van der Waals surface area contributed by atoms with E-state index in [0.29, 0.717) is 13.0 Å². The Kier molecular flexibility index (Phi) is 3.88. The van der Waals surface area contributed by atoms with Crippen LogP contribution in [0.1, 0.15) is 20.3 Å². The zero-order valence-corrected chi connectivity index (χ0v) is 8.32. The highest BCUT2D eigenvalue weighted by Crippen LogP contribution is 2.15. The number of hydrogen-bond donors (Lipinski definition) is 0. The molecule has 0 saturated carbocycles. The van der Waals surface area contributed by atoms with E-state index in [2.05, 4.69) is 0 Å². The number of carbonyl (C=O) groups excluding carboxylic acids is 2. The maximum Gasteiger partial charge on any atom is 0.303 e. The summed E-state index contributed by atoms with van der Waals surface area (Å²) in [5.41, 5.74) is 0. The normalized spacial score (nSPS) is 26.7. The van der Waals surface area contributed by atoms with Crippen molar-refractivity contribution in [3.05, 3.63) is 0 Å². The highest BCUT2D eigenvalue weighted by Gasteiger charge is 2.30. The summed E-state index contributed by atoms with van der Waals surface area (Å²) in [7, 11) is 0. The highest BCUT2D eigenvalue weighted by atomic mass is 16.6. The molecule has 80 valence electrons. The molecule has 1 heterocycles. The third-order valence-electron chi connectivity index (χ3n) is 1.88. The van der Waals surface area contributed by atoms with Crippen LogP contribution in [0.5, 0.6) is 0 Å². The fourth-order valence-electron chi connectivity index (χ4n) is 1.36. The quantitative estimate of drug-likeness (QED) is 0.601. The second-order valence-electron chi connectivity index (χ2n) is 3.16. The molecule has 0 aromatic carbocycles. The van der Waals surface area contributed by atoms with Crippen LogP contribution in [0.3, 0.4) is 0 Å². The zero-order chi connectivity index (χ0) is 10.6. The Labute approximate surface area is 82.3 Å². The first-order valence-corrected chi connectivity index (χ1v) is 4.52. The van der Waals surface area contributed by atoms with Gasteiger partial charge in [0.25, 0.3) is 0 Å². The monoisotopic (exact) mass is 202 g/mol. The van der Waals surface area contributed by atoms with Crippen LogP contribution >= 0.6 is 0 Å². The van der Waals surface area contributed by atoms with Gasteiger partial charge in [-0.15, -0.1) is 0 Å². The average molecular weight is 202 g/mol. The predicted molar refractivity (Wildman–Crippen MR) is 46.5 cm³/mol. The van der Waals surface area contributed by atoms with Gasteiger partial charge in [0.1, 0.15) is 6.10 Å². The third kappa shape index (κ3) is 3.33. The Bertz CT molecular complexity index is 201. The number of esters is 2. The summed E-state index contributed by atoms with van der Waals surface area (Å²) in [5, 5.41) is 0. The number of rotatable bonds is 2. The summed E-state index contributed by atoms with van der Waals surface area (Å²) >= 11 is 0. The van der Waals surface area contributed by atoms with Gasteiger partial charge in [0.05, 0.1) is 13.2 Å². The van der Waals surface area contributed by atoms with Crippen LogP contribution in [0.4, 0.5) is 0 Å². The van der Waals surface area contributed by atoms with Crippen LogP contribution in [0.15, 0.2) is 0 Å². The first-order chi connectivity index (χ1) is 6.59. The third-order valence-corrected chi connectivity index (χ3v) is 1.88. The van der Waals surface area contributed by atoms with Crippen LogP contribution < -0.4 is 0 Å². The molecule has 1 aliphatic heterocycles. The Hall–Kier alpha value is -1.10. The van der Waals surface area contributed by atoms with Crippen molar-refractivity contribution in [1.29, 1.82) is 0 Å². The maximum absolute atomic E-state index is 10.7. The molecular formula is C9H14O5. The van der Waals surface area contributed by atoms with E-state index in [4.69, 9.17) is 14.2 Å². The van der Waals surface area contributed by atoms with Crippen LogP contribution in [0.25, 0.3) is 0 Å². The molecule has 14 heavy (non-hydrogen) atoms. The number of carbonyl (C=O) groups is 2. The van der Waals surface area contributed by atoms with E-state index < -0.39 is 12.1 Å². The Morgan fingerprint density at radius 1 is 1.14 bits per heavy atom. The summed E-state index contributed by atoms with van der Waals surface area (Å²) < 4.78 is 15.1. The molecule has 2 atom stereocenters. The largest absolute Gasteiger partial charge is 0.458 e. The van der Waals surface area contributed by atoms with Gasteiger partial charge in [-0.1, -0.05) is 0 Å². The first-order valence-electron chi connectivity index (χ1n) is 4.52. The molecule has 1 aliphatic rings. The minimum Gasteiger partial charge on any atom is -0.458 e. The van der Waals surface area contributed by atoms with Crippen molar-refractivity contribution < 1.29 is 23.8 Å². The molecule has 0 spiro atoms. The van der Waals surface area contributed by atoms with Crippen LogP contribution in [0, 0.1) is 0 Å². The van der Waals surface area contributed by atoms with Crippen LogP contribution in [-0.4, -0.2) is 37.4 Å². The van der Waals surface area contributed by atoms with Gasteiger partial charge in [-0.05, 0) is 0 Å². The van der Waals surface area contributed by atoms with Gasteiger partial charge in [-0.2, -0.15) is 0 Å². The molecule has 0 aromatic rings. The van der Waals surface area contributed by atoms with Crippen molar-refractivity contribution in [1.82, 2.24) is 0 Å². The number of hydrogen-bond acceptors (Lipinski definition) is 5. The Morgan fingerprint density at radius 3 is 2.29 bits per heavy atom. The lowest BCUT2D eigenvalue weighted by Gasteiger charge is -2.29. The topological polar surface area (TPSA) is 61.8 Å². The van der Waals surface area contributed by atoms with Crippen LogP contribution in [0.2, 0.25) is 0 Å². The van der Waals surface area contributed by atoms with Gasteiger partial charge in [-0.25, -0.2) is 0 Å². The molecule has 1 saturated heterocycles. The van der Waals surface area contributed by atoms with Gasteiger partial charge in [-0.3, -0.25) is 9.59 Å². The van der Waals surface area contributed by atoms with Crippen molar-refractivity contribution in [3.63, 3.8) is 0 Å².